The average Bonchev–Trinajstić information content (AvgIpc) is 2.24. The molecule has 1 aliphatic rings. The van der Waals surface area contributed by atoms with Gasteiger partial charge in [-0.25, -0.2) is 0 Å². The Balaban J connectivity index is 2.38. The van der Waals surface area contributed by atoms with E-state index in [1.165, 1.54) is 0 Å². The predicted octanol–water partition coefficient (Wildman–Crippen LogP) is 3.97. The third-order valence-electron chi connectivity index (χ3n) is 2.47. The van der Waals surface area contributed by atoms with E-state index in [-0.39, 0.29) is 0 Å². The molecule has 0 spiro atoms. The molecule has 0 heterocycles. The molecule has 1 aliphatic carbocycles. The molecular weight excluding hydrogens is 184 g/mol. The van der Waals surface area contributed by atoms with Gasteiger partial charge in [-0.05, 0) is 32.1 Å². The highest BCUT2D eigenvalue weighted by Gasteiger charge is 1.98. The van der Waals surface area contributed by atoms with E-state index in [4.69, 9.17) is 0 Å². The molecule has 82 valence electrons. The van der Waals surface area contributed by atoms with Crippen molar-refractivity contribution in [2.45, 2.75) is 44.9 Å². The van der Waals surface area contributed by atoms with Crippen LogP contribution in [0.2, 0.25) is 0 Å². The van der Waals surface area contributed by atoms with Crippen molar-refractivity contribution in [3.8, 4) is 0 Å². The fourth-order valence-electron chi connectivity index (χ4n) is 1.56. The number of carbonyl (C=O) groups excluding carboxylic acids is 1. The first kappa shape index (κ1) is 12.0. The molecule has 0 atom stereocenters. The Morgan fingerprint density at radius 2 is 1.53 bits per heavy atom. The van der Waals surface area contributed by atoms with Crippen molar-refractivity contribution in [2.75, 3.05) is 0 Å². The van der Waals surface area contributed by atoms with Gasteiger partial charge in [0.05, 0.1) is 0 Å². The average molecular weight is 204 g/mol. The predicted molar refractivity (Wildman–Crippen MR) is 64.7 cm³/mol. The number of rotatable bonds is 0. The van der Waals surface area contributed by atoms with Gasteiger partial charge in [0.2, 0.25) is 0 Å². The molecule has 0 N–H and O–H groups in total. The number of Topliss-reactive ketones (excluding diaryl/α,β-unsaturated/α-hetero) is 1. The molecule has 0 unspecified atom stereocenters. The lowest BCUT2D eigenvalue weighted by molar-refractivity contribution is -0.118. The minimum absolute atomic E-state index is 0.378. The Morgan fingerprint density at radius 3 is 2.40 bits per heavy atom. The lowest BCUT2D eigenvalue weighted by atomic mass is 10.1. The minimum Gasteiger partial charge on any atom is -0.299 e. The fraction of sp³-hybridized carbons (Fsp3) is 0.500. The summed E-state index contributed by atoms with van der Waals surface area (Å²) in [5, 5.41) is 0. The van der Waals surface area contributed by atoms with Crippen LogP contribution in [-0.2, 0) is 4.79 Å². The molecule has 1 rings (SSSR count). The van der Waals surface area contributed by atoms with E-state index in [9.17, 15) is 4.79 Å². The first-order valence-corrected chi connectivity index (χ1v) is 5.88. The summed E-state index contributed by atoms with van der Waals surface area (Å²) in [6, 6.07) is 0. The standard InChI is InChI=1S/C14H20O/c15-14-12-10-8-6-4-2-1-3-5-7-9-11-13-14/h1-4,9,11H,5-8,10,12-13H2/b3-1+,4-2-,11-9+. The molecule has 0 saturated heterocycles. The summed E-state index contributed by atoms with van der Waals surface area (Å²) in [4.78, 5) is 11.4. The Kier molecular flexibility index (Phi) is 6.55. The van der Waals surface area contributed by atoms with Crippen molar-refractivity contribution >= 4 is 5.78 Å². The molecule has 0 aromatic carbocycles. The van der Waals surface area contributed by atoms with Crippen LogP contribution in [0.15, 0.2) is 36.5 Å². The summed E-state index contributed by atoms with van der Waals surface area (Å²) in [5.74, 6) is 0.378. The summed E-state index contributed by atoms with van der Waals surface area (Å²) >= 11 is 0. The van der Waals surface area contributed by atoms with Crippen LogP contribution in [0.25, 0.3) is 0 Å². The lowest BCUT2D eigenvalue weighted by Gasteiger charge is -1.97. The zero-order valence-electron chi connectivity index (χ0n) is 9.32. The molecule has 1 heteroatoms. The molecule has 0 aromatic heterocycles. The largest absolute Gasteiger partial charge is 0.299 e. The van der Waals surface area contributed by atoms with E-state index < -0.39 is 0 Å². The maximum atomic E-state index is 11.4. The highest BCUT2D eigenvalue weighted by atomic mass is 16.1. The van der Waals surface area contributed by atoms with Crippen LogP contribution in [-0.4, -0.2) is 5.78 Å². The van der Waals surface area contributed by atoms with E-state index in [2.05, 4.69) is 30.4 Å². The van der Waals surface area contributed by atoms with Gasteiger partial charge in [-0.15, -0.1) is 0 Å². The molecule has 0 aromatic rings. The number of carbonyl (C=O) groups is 1. The van der Waals surface area contributed by atoms with Gasteiger partial charge < -0.3 is 0 Å². The number of ketones is 1. The van der Waals surface area contributed by atoms with Crippen molar-refractivity contribution in [3.05, 3.63) is 36.5 Å². The second kappa shape index (κ2) is 8.22. The molecular formula is C14H20O. The van der Waals surface area contributed by atoms with Crippen molar-refractivity contribution in [1.82, 2.24) is 0 Å². The van der Waals surface area contributed by atoms with Crippen LogP contribution in [0, 0.1) is 0 Å². The van der Waals surface area contributed by atoms with Gasteiger partial charge in [-0.1, -0.05) is 36.5 Å². The van der Waals surface area contributed by atoms with Crippen molar-refractivity contribution in [3.63, 3.8) is 0 Å². The Hall–Kier alpha value is -1.11. The number of allylic oxidation sites excluding steroid dienone is 6. The second-order valence-corrected chi connectivity index (χ2v) is 3.89. The molecule has 0 fully saturated rings. The van der Waals surface area contributed by atoms with E-state index in [1.54, 1.807) is 0 Å². The van der Waals surface area contributed by atoms with Gasteiger partial charge >= 0.3 is 0 Å². The van der Waals surface area contributed by atoms with E-state index in [0.29, 0.717) is 12.2 Å². The summed E-state index contributed by atoms with van der Waals surface area (Å²) in [5.41, 5.74) is 0. The first-order chi connectivity index (χ1) is 7.39. The Bertz CT molecular complexity index is 259. The smallest absolute Gasteiger partial charge is 0.136 e. The van der Waals surface area contributed by atoms with Crippen molar-refractivity contribution in [1.29, 1.82) is 0 Å². The normalized spacial score (nSPS) is 26.5. The SMILES string of the molecule is O=C1C/C=C/CC/C=C/C=C\CCCC1. The van der Waals surface area contributed by atoms with Crippen LogP contribution in [0.3, 0.4) is 0 Å². The van der Waals surface area contributed by atoms with Crippen LogP contribution < -0.4 is 0 Å². The molecule has 0 saturated carbocycles. The summed E-state index contributed by atoms with van der Waals surface area (Å²) < 4.78 is 0. The molecule has 0 amide bonds. The highest BCUT2D eigenvalue weighted by Crippen LogP contribution is 2.05. The molecule has 15 heavy (non-hydrogen) atoms. The zero-order valence-corrected chi connectivity index (χ0v) is 9.32. The number of hydrogen-bond donors (Lipinski definition) is 0. The maximum Gasteiger partial charge on any atom is 0.136 e. The summed E-state index contributed by atoms with van der Waals surface area (Å²) in [7, 11) is 0. The lowest BCUT2D eigenvalue weighted by Crippen LogP contribution is -1.95. The van der Waals surface area contributed by atoms with E-state index in [0.717, 1.165) is 38.5 Å². The third kappa shape index (κ3) is 6.89. The Labute approximate surface area is 92.6 Å². The van der Waals surface area contributed by atoms with Crippen LogP contribution in [0.1, 0.15) is 44.9 Å². The monoisotopic (exact) mass is 204 g/mol. The minimum atomic E-state index is 0.378. The van der Waals surface area contributed by atoms with Gasteiger partial charge in [0.15, 0.2) is 0 Å². The van der Waals surface area contributed by atoms with Gasteiger partial charge in [0.25, 0.3) is 0 Å². The summed E-state index contributed by atoms with van der Waals surface area (Å²) in [6.07, 6.45) is 19.4. The van der Waals surface area contributed by atoms with Crippen molar-refractivity contribution < 1.29 is 4.79 Å². The maximum absolute atomic E-state index is 11.4. The molecule has 0 radical (unpaired) electrons. The Morgan fingerprint density at radius 1 is 0.800 bits per heavy atom. The molecule has 0 bridgehead atoms. The van der Waals surface area contributed by atoms with Crippen LogP contribution >= 0.6 is 0 Å². The highest BCUT2D eigenvalue weighted by molar-refractivity contribution is 5.79. The third-order valence-corrected chi connectivity index (χ3v) is 2.47. The van der Waals surface area contributed by atoms with Crippen molar-refractivity contribution in [2.24, 2.45) is 0 Å². The van der Waals surface area contributed by atoms with E-state index in [1.807, 2.05) is 6.08 Å². The topological polar surface area (TPSA) is 17.1 Å². The second-order valence-electron chi connectivity index (χ2n) is 3.89. The molecule has 1 nitrogen and oxygen atoms in total. The quantitative estimate of drug-likeness (QED) is 0.546. The van der Waals surface area contributed by atoms with Gasteiger partial charge in [0, 0.05) is 12.8 Å². The van der Waals surface area contributed by atoms with E-state index >= 15 is 0 Å². The zero-order chi connectivity index (χ0) is 10.8. The fourth-order valence-corrected chi connectivity index (χ4v) is 1.56. The van der Waals surface area contributed by atoms with Gasteiger partial charge in [0.1, 0.15) is 5.78 Å². The molecule has 0 aliphatic heterocycles. The van der Waals surface area contributed by atoms with Crippen LogP contribution in [0.4, 0.5) is 0 Å². The summed E-state index contributed by atoms with van der Waals surface area (Å²) in [6.45, 7) is 0. The first-order valence-electron chi connectivity index (χ1n) is 5.88. The van der Waals surface area contributed by atoms with Gasteiger partial charge in [-0.2, -0.15) is 0 Å². The number of hydrogen-bond acceptors (Lipinski definition) is 1. The van der Waals surface area contributed by atoms with Gasteiger partial charge in [-0.3, -0.25) is 4.79 Å². The van der Waals surface area contributed by atoms with Crippen LogP contribution in [0.5, 0.6) is 0 Å².